The van der Waals surface area contributed by atoms with Gasteiger partial charge in [-0.25, -0.2) is 0 Å². The van der Waals surface area contributed by atoms with Crippen LogP contribution in [0, 0.1) is 5.92 Å². The van der Waals surface area contributed by atoms with Crippen LogP contribution in [0.4, 0.5) is 0 Å². The zero-order valence-corrected chi connectivity index (χ0v) is 12.5. The molecule has 19 heavy (non-hydrogen) atoms. The molecule has 0 radical (unpaired) electrons. The maximum absolute atomic E-state index is 12.5. The summed E-state index contributed by atoms with van der Waals surface area (Å²) in [7, 11) is 1.86. The molecule has 102 valence electrons. The Balaban J connectivity index is 2.73. The Bertz CT molecular complexity index is 687. The van der Waals surface area contributed by atoms with E-state index >= 15 is 0 Å². The summed E-state index contributed by atoms with van der Waals surface area (Å²) >= 11 is 0. The summed E-state index contributed by atoms with van der Waals surface area (Å²) < 4.78 is 1.78. The molecule has 2 heteroatoms. The molecule has 1 aliphatic carbocycles. The van der Waals surface area contributed by atoms with Gasteiger partial charge in [0.25, 0.3) is 5.56 Å². The molecule has 1 aliphatic rings. The molecular formula is C17H23NO. The van der Waals surface area contributed by atoms with Gasteiger partial charge in [-0.2, -0.15) is 0 Å². The van der Waals surface area contributed by atoms with Crippen molar-refractivity contribution in [3.05, 3.63) is 44.2 Å². The van der Waals surface area contributed by atoms with E-state index in [1.54, 1.807) is 4.57 Å². The van der Waals surface area contributed by atoms with Gasteiger partial charge in [-0.05, 0) is 35.6 Å². The minimum Gasteiger partial charge on any atom is -0.315 e. The van der Waals surface area contributed by atoms with Crippen molar-refractivity contribution in [3.63, 3.8) is 0 Å². The van der Waals surface area contributed by atoms with Crippen molar-refractivity contribution in [2.45, 2.75) is 40.0 Å². The van der Waals surface area contributed by atoms with Gasteiger partial charge in [0.15, 0.2) is 0 Å². The van der Waals surface area contributed by atoms with Gasteiger partial charge in [0.2, 0.25) is 0 Å². The molecule has 0 unspecified atom stereocenters. The Hall–Kier alpha value is -1.57. The second-order valence-corrected chi connectivity index (χ2v) is 5.93. The lowest BCUT2D eigenvalue weighted by molar-refractivity contribution is 0.700. The van der Waals surface area contributed by atoms with Crippen molar-refractivity contribution < 1.29 is 0 Å². The minimum atomic E-state index is 0.110. The fourth-order valence-electron chi connectivity index (χ4n) is 2.56. The van der Waals surface area contributed by atoms with Crippen LogP contribution in [0.5, 0.6) is 0 Å². The van der Waals surface area contributed by atoms with Crippen LogP contribution >= 0.6 is 0 Å². The first-order valence-corrected chi connectivity index (χ1v) is 7.02. The summed E-state index contributed by atoms with van der Waals surface area (Å²) in [4.78, 5) is 12.5. The molecule has 2 rings (SSSR count). The first kappa shape index (κ1) is 13.9. The van der Waals surface area contributed by atoms with Crippen molar-refractivity contribution in [1.29, 1.82) is 0 Å². The monoisotopic (exact) mass is 257 g/mol. The number of nitrogens with zero attached hydrogens (tertiary/aromatic N) is 1. The van der Waals surface area contributed by atoms with E-state index in [1.807, 2.05) is 13.1 Å². The third kappa shape index (κ3) is 2.58. The van der Waals surface area contributed by atoms with Crippen LogP contribution in [0.25, 0.3) is 12.2 Å². The Labute approximate surface area is 114 Å². The molecule has 0 saturated carbocycles. The van der Waals surface area contributed by atoms with Gasteiger partial charge in [-0.1, -0.05) is 45.4 Å². The lowest BCUT2D eigenvalue weighted by Gasteiger charge is -2.11. The van der Waals surface area contributed by atoms with Gasteiger partial charge in [-0.3, -0.25) is 4.79 Å². The van der Waals surface area contributed by atoms with E-state index in [2.05, 4.69) is 45.9 Å². The van der Waals surface area contributed by atoms with Crippen LogP contribution in [0.2, 0.25) is 0 Å². The summed E-state index contributed by atoms with van der Waals surface area (Å²) in [6.07, 6.45) is 7.23. The van der Waals surface area contributed by atoms with Crippen LogP contribution < -0.4 is 16.0 Å². The molecule has 0 fully saturated rings. The molecule has 1 aromatic heterocycles. The fourth-order valence-corrected chi connectivity index (χ4v) is 2.56. The number of pyridine rings is 1. The van der Waals surface area contributed by atoms with Gasteiger partial charge in [-0.15, -0.1) is 0 Å². The molecule has 0 amide bonds. The number of fused-ring (bicyclic) bond motifs is 1. The summed E-state index contributed by atoms with van der Waals surface area (Å²) in [5, 5.41) is 1.90. The smallest absolute Gasteiger partial charge is 0.258 e. The first-order valence-electron chi connectivity index (χ1n) is 7.02. The van der Waals surface area contributed by atoms with Crippen molar-refractivity contribution in [1.82, 2.24) is 4.57 Å². The van der Waals surface area contributed by atoms with Gasteiger partial charge < -0.3 is 4.57 Å². The van der Waals surface area contributed by atoms with Crippen LogP contribution in [-0.2, 0) is 7.05 Å². The summed E-state index contributed by atoms with van der Waals surface area (Å²) in [6.45, 7) is 8.64. The lowest BCUT2D eigenvalue weighted by atomic mass is 10.00. The molecule has 0 aromatic carbocycles. The second-order valence-electron chi connectivity index (χ2n) is 5.93. The molecular weight excluding hydrogens is 234 g/mol. The van der Waals surface area contributed by atoms with Gasteiger partial charge >= 0.3 is 0 Å². The van der Waals surface area contributed by atoms with Crippen LogP contribution in [0.1, 0.15) is 45.7 Å². The molecule has 1 heterocycles. The molecule has 2 nitrogen and oxygen atoms in total. The maximum Gasteiger partial charge on any atom is 0.258 e. The van der Waals surface area contributed by atoms with Gasteiger partial charge in [0.1, 0.15) is 0 Å². The number of rotatable bonds is 2. The van der Waals surface area contributed by atoms with E-state index in [9.17, 15) is 4.79 Å². The lowest BCUT2D eigenvalue weighted by Crippen LogP contribution is -2.45. The highest BCUT2D eigenvalue weighted by Crippen LogP contribution is 2.15. The Kier molecular flexibility index (Phi) is 3.79. The van der Waals surface area contributed by atoms with Crippen LogP contribution in [0.15, 0.2) is 22.5 Å². The van der Waals surface area contributed by atoms with Crippen LogP contribution in [-0.4, -0.2) is 4.57 Å². The minimum absolute atomic E-state index is 0.110. The van der Waals surface area contributed by atoms with Crippen molar-refractivity contribution in [2.75, 3.05) is 0 Å². The molecule has 0 bridgehead atoms. The number of aromatic nitrogens is 1. The predicted molar refractivity (Wildman–Crippen MR) is 81.5 cm³/mol. The highest BCUT2D eigenvalue weighted by Gasteiger charge is 2.09. The van der Waals surface area contributed by atoms with E-state index < -0.39 is 0 Å². The standard InChI is InChI=1S/C17H23NO/c1-11(2)13-6-7-14-10-16(12(3)4)18(5)17(19)15(14)9-8-13/h7-12H,6H2,1-5H3. The largest absolute Gasteiger partial charge is 0.315 e. The zero-order chi connectivity index (χ0) is 14.2. The Morgan fingerprint density at radius 3 is 2.37 bits per heavy atom. The molecule has 0 atom stereocenters. The number of hydrogen-bond donors (Lipinski definition) is 0. The van der Waals surface area contributed by atoms with Crippen molar-refractivity contribution in [3.8, 4) is 0 Å². The van der Waals surface area contributed by atoms with Gasteiger partial charge in [0, 0.05) is 18.0 Å². The Morgan fingerprint density at radius 1 is 1.11 bits per heavy atom. The third-order valence-electron chi connectivity index (χ3n) is 3.89. The summed E-state index contributed by atoms with van der Waals surface area (Å²) in [5.41, 5.74) is 2.59. The molecule has 0 N–H and O–H groups in total. The normalized spacial score (nSPS) is 14.6. The highest BCUT2D eigenvalue weighted by molar-refractivity contribution is 5.47. The Morgan fingerprint density at radius 2 is 1.79 bits per heavy atom. The second kappa shape index (κ2) is 5.20. The van der Waals surface area contributed by atoms with E-state index in [1.165, 1.54) is 5.57 Å². The third-order valence-corrected chi connectivity index (χ3v) is 3.89. The van der Waals surface area contributed by atoms with Crippen LogP contribution in [0.3, 0.4) is 0 Å². The summed E-state index contributed by atoms with van der Waals surface area (Å²) in [5.74, 6) is 0.882. The summed E-state index contributed by atoms with van der Waals surface area (Å²) in [6, 6.07) is 2.16. The topological polar surface area (TPSA) is 22.0 Å². The molecule has 0 spiro atoms. The van der Waals surface area contributed by atoms with E-state index in [0.29, 0.717) is 11.8 Å². The first-order chi connectivity index (χ1) is 8.91. The quantitative estimate of drug-likeness (QED) is 0.795. The van der Waals surface area contributed by atoms with Crippen molar-refractivity contribution in [2.24, 2.45) is 13.0 Å². The molecule has 0 aliphatic heterocycles. The van der Waals surface area contributed by atoms with E-state index in [-0.39, 0.29) is 5.56 Å². The molecule has 0 saturated heterocycles. The SMILES string of the molecule is CC(C)C1=CC=c2c(cc(C(C)C)n(C)c2=O)=CC1. The fraction of sp³-hybridized carbons (Fsp3) is 0.471. The van der Waals surface area contributed by atoms with Gasteiger partial charge in [0.05, 0.1) is 0 Å². The van der Waals surface area contributed by atoms with E-state index in [4.69, 9.17) is 0 Å². The average molecular weight is 257 g/mol. The number of hydrogen-bond acceptors (Lipinski definition) is 1. The van der Waals surface area contributed by atoms with Crippen molar-refractivity contribution >= 4 is 12.2 Å². The highest BCUT2D eigenvalue weighted by atomic mass is 16.1. The number of allylic oxidation sites excluding steroid dienone is 2. The predicted octanol–water partition coefficient (Wildman–Crippen LogP) is 2.06. The average Bonchev–Trinajstić information content (AvgIpc) is 2.55. The zero-order valence-electron chi connectivity index (χ0n) is 12.5. The maximum atomic E-state index is 12.5. The van der Waals surface area contributed by atoms with E-state index in [0.717, 1.165) is 22.6 Å². The molecule has 1 aromatic rings.